The van der Waals surface area contributed by atoms with Gasteiger partial charge >= 0.3 is 5.97 Å². The number of carbonyl (C=O) groups is 2. The highest BCUT2D eigenvalue weighted by molar-refractivity contribution is 5.76. The summed E-state index contributed by atoms with van der Waals surface area (Å²) >= 11 is 0. The molecule has 3 rings (SSSR count). The van der Waals surface area contributed by atoms with Crippen molar-refractivity contribution in [1.29, 1.82) is 0 Å². The van der Waals surface area contributed by atoms with Gasteiger partial charge in [-0.1, -0.05) is 48.5 Å². The summed E-state index contributed by atoms with van der Waals surface area (Å²) in [6.45, 7) is 0.126. The van der Waals surface area contributed by atoms with Crippen molar-refractivity contribution < 1.29 is 44.6 Å². The summed E-state index contributed by atoms with van der Waals surface area (Å²) in [6.07, 6.45) is -7.15. The van der Waals surface area contributed by atoms with Crippen LogP contribution in [0.15, 0.2) is 54.6 Å². The third-order valence-corrected chi connectivity index (χ3v) is 5.69. The van der Waals surface area contributed by atoms with E-state index in [9.17, 15) is 35.1 Å². The highest BCUT2D eigenvalue weighted by Gasteiger charge is 2.55. The quantitative estimate of drug-likeness (QED) is 0.293. The number of benzene rings is 2. The standard InChI is InChI=1S/C24H29NO9/c1-14(27)25-20-18(28)11-24(23(31)32,34-22(20)21(30)19(29)12-26)33-13-15-6-5-9-17(10-15)16-7-3-2-4-8-16/h2-10,18-22,26,28-30H,11-13H2,1H3,(H,25,27)(H,31,32)/t18-,19+,20+,21-,22+,24-/m0/s1. The Morgan fingerprint density at radius 3 is 2.44 bits per heavy atom. The van der Waals surface area contributed by atoms with E-state index >= 15 is 0 Å². The maximum Gasteiger partial charge on any atom is 0.364 e. The second-order valence-electron chi connectivity index (χ2n) is 8.23. The van der Waals surface area contributed by atoms with Crippen molar-refractivity contribution in [3.63, 3.8) is 0 Å². The average molecular weight is 475 g/mol. The van der Waals surface area contributed by atoms with Crippen molar-refractivity contribution in [3.8, 4) is 11.1 Å². The van der Waals surface area contributed by atoms with Crippen molar-refractivity contribution in [2.75, 3.05) is 6.61 Å². The van der Waals surface area contributed by atoms with Gasteiger partial charge < -0.3 is 40.3 Å². The minimum Gasteiger partial charge on any atom is -0.477 e. The molecule has 0 aliphatic carbocycles. The number of hydrogen-bond donors (Lipinski definition) is 6. The lowest BCUT2D eigenvalue weighted by Crippen LogP contribution is -2.67. The molecule has 1 aliphatic heterocycles. The Morgan fingerprint density at radius 2 is 1.82 bits per heavy atom. The van der Waals surface area contributed by atoms with Crippen LogP contribution in [-0.2, 0) is 25.7 Å². The van der Waals surface area contributed by atoms with Crippen LogP contribution < -0.4 is 5.32 Å². The number of carboxylic acids is 1. The minimum atomic E-state index is -2.38. The first-order valence-electron chi connectivity index (χ1n) is 10.8. The van der Waals surface area contributed by atoms with Crippen molar-refractivity contribution >= 4 is 11.9 Å². The van der Waals surface area contributed by atoms with Crippen molar-refractivity contribution in [2.45, 2.75) is 56.2 Å². The lowest BCUT2D eigenvalue weighted by molar-refractivity contribution is -0.314. The molecular formula is C24H29NO9. The zero-order valence-corrected chi connectivity index (χ0v) is 18.6. The number of aliphatic hydroxyl groups excluding tert-OH is 4. The summed E-state index contributed by atoms with van der Waals surface area (Å²) in [5.41, 5.74) is 2.48. The zero-order chi connectivity index (χ0) is 24.9. The van der Waals surface area contributed by atoms with E-state index in [1.165, 1.54) is 6.92 Å². The van der Waals surface area contributed by atoms with Gasteiger partial charge in [0.25, 0.3) is 5.79 Å². The molecular weight excluding hydrogens is 446 g/mol. The minimum absolute atomic E-state index is 0.199. The zero-order valence-electron chi connectivity index (χ0n) is 18.6. The number of rotatable bonds is 9. The normalized spacial score (nSPS) is 26.4. The first-order valence-corrected chi connectivity index (χ1v) is 10.8. The Hall–Kier alpha value is -2.86. The fourth-order valence-electron chi connectivity index (χ4n) is 3.95. The molecule has 0 saturated carbocycles. The van der Waals surface area contributed by atoms with Crippen LogP contribution in [0, 0.1) is 0 Å². The van der Waals surface area contributed by atoms with Crippen LogP contribution in [0.2, 0.25) is 0 Å². The highest BCUT2D eigenvalue weighted by Crippen LogP contribution is 2.34. The number of hydrogen-bond acceptors (Lipinski definition) is 8. The molecule has 10 heteroatoms. The van der Waals surface area contributed by atoms with Gasteiger partial charge in [-0.15, -0.1) is 0 Å². The predicted molar refractivity (Wildman–Crippen MR) is 119 cm³/mol. The number of carboxylic acid groups (broad SMARTS) is 1. The van der Waals surface area contributed by atoms with Crippen LogP contribution in [0.3, 0.4) is 0 Å². The van der Waals surface area contributed by atoms with Gasteiger partial charge in [-0.2, -0.15) is 0 Å². The third-order valence-electron chi connectivity index (χ3n) is 5.69. The number of amides is 1. The molecule has 1 heterocycles. The second-order valence-corrected chi connectivity index (χ2v) is 8.23. The van der Waals surface area contributed by atoms with E-state index < -0.39 is 61.1 Å². The van der Waals surface area contributed by atoms with Crippen LogP contribution in [0.5, 0.6) is 0 Å². The van der Waals surface area contributed by atoms with Gasteiger partial charge in [-0.05, 0) is 22.8 Å². The van der Waals surface area contributed by atoms with Gasteiger partial charge in [-0.3, -0.25) is 4.79 Å². The Bertz CT molecular complexity index is 985. The molecule has 0 radical (unpaired) electrons. The molecule has 6 N–H and O–H groups in total. The van der Waals surface area contributed by atoms with E-state index in [2.05, 4.69) is 5.32 Å². The van der Waals surface area contributed by atoms with Crippen LogP contribution in [0.4, 0.5) is 0 Å². The Kier molecular flexibility index (Phi) is 8.37. The number of ether oxygens (including phenoxy) is 2. The van der Waals surface area contributed by atoms with E-state index in [0.29, 0.717) is 5.56 Å². The summed E-state index contributed by atoms with van der Waals surface area (Å²) < 4.78 is 11.3. The van der Waals surface area contributed by atoms with Crippen LogP contribution >= 0.6 is 0 Å². The summed E-state index contributed by atoms with van der Waals surface area (Å²) in [5.74, 6) is -4.50. The number of nitrogens with one attached hydrogen (secondary N) is 1. The maximum atomic E-state index is 12.2. The van der Waals surface area contributed by atoms with Crippen LogP contribution in [0.25, 0.3) is 11.1 Å². The fourth-order valence-corrected chi connectivity index (χ4v) is 3.95. The van der Waals surface area contributed by atoms with Crippen molar-refractivity contribution in [2.24, 2.45) is 0 Å². The molecule has 0 bridgehead atoms. The predicted octanol–water partition coefficient (Wildman–Crippen LogP) is 0.0197. The molecule has 1 saturated heterocycles. The number of aliphatic carboxylic acids is 1. The SMILES string of the molecule is CC(=O)N[C@H]1[C@H]([C@@H](O)[C@H](O)CO)O[C@](OCc2cccc(-c3ccccc3)c2)(C(=O)O)C[C@@H]1O. The summed E-state index contributed by atoms with van der Waals surface area (Å²) in [5, 5.41) is 52.6. The Balaban J connectivity index is 1.86. The van der Waals surface area contributed by atoms with Gasteiger partial charge in [0.2, 0.25) is 5.91 Å². The summed E-state index contributed by atoms with van der Waals surface area (Å²) in [4.78, 5) is 23.8. The molecule has 0 aromatic heterocycles. The Labute approximate surface area is 196 Å². The molecule has 2 aromatic carbocycles. The first-order chi connectivity index (χ1) is 16.2. The number of aliphatic hydroxyl groups is 4. The van der Waals surface area contributed by atoms with E-state index in [4.69, 9.17) is 9.47 Å². The molecule has 0 spiro atoms. The van der Waals surface area contributed by atoms with E-state index in [0.717, 1.165) is 11.1 Å². The van der Waals surface area contributed by atoms with Gasteiger partial charge in [-0.25, -0.2) is 4.79 Å². The Morgan fingerprint density at radius 1 is 1.15 bits per heavy atom. The molecule has 0 unspecified atom stereocenters. The van der Waals surface area contributed by atoms with Gasteiger partial charge in [0, 0.05) is 13.3 Å². The molecule has 2 aromatic rings. The summed E-state index contributed by atoms with van der Waals surface area (Å²) in [6, 6.07) is 15.6. The van der Waals surface area contributed by atoms with Gasteiger partial charge in [0.15, 0.2) is 0 Å². The molecule has 10 nitrogen and oxygen atoms in total. The van der Waals surface area contributed by atoms with Crippen molar-refractivity contribution in [1.82, 2.24) is 5.32 Å². The van der Waals surface area contributed by atoms with E-state index in [1.807, 2.05) is 42.5 Å². The molecule has 1 fully saturated rings. The third kappa shape index (κ3) is 5.79. The van der Waals surface area contributed by atoms with Crippen molar-refractivity contribution in [3.05, 3.63) is 60.2 Å². The van der Waals surface area contributed by atoms with Gasteiger partial charge in [0.1, 0.15) is 18.3 Å². The van der Waals surface area contributed by atoms with Crippen LogP contribution in [0.1, 0.15) is 18.9 Å². The molecule has 34 heavy (non-hydrogen) atoms. The smallest absolute Gasteiger partial charge is 0.364 e. The van der Waals surface area contributed by atoms with E-state index in [-0.39, 0.29) is 6.61 Å². The van der Waals surface area contributed by atoms with E-state index in [1.54, 1.807) is 12.1 Å². The van der Waals surface area contributed by atoms with Crippen LogP contribution in [-0.4, -0.2) is 80.3 Å². The number of carbonyl (C=O) groups excluding carboxylic acids is 1. The van der Waals surface area contributed by atoms with Gasteiger partial charge in [0.05, 0.1) is 25.4 Å². The second kappa shape index (κ2) is 11.0. The first kappa shape index (κ1) is 25.8. The summed E-state index contributed by atoms with van der Waals surface area (Å²) in [7, 11) is 0. The monoisotopic (exact) mass is 475 g/mol. The molecule has 1 amide bonds. The fraction of sp³-hybridized carbons (Fsp3) is 0.417. The average Bonchev–Trinajstić information content (AvgIpc) is 2.83. The maximum absolute atomic E-state index is 12.2. The molecule has 1 aliphatic rings. The topological polar surface area (TPSA) is 166 Å². The highest BCUT2D eigenvalue weighted by atomic mass is 16.7. The lowest BCUT2D eigenvalue weighted by Gasteiger charge is -2.46. The molecule has 6 atom stereocenters. The molecule has 184 valence electrons. The lowest BCUT2D eigenvalue weighted by atomic mass is 9.88. The largest absolute Gasteiger partial charge is 0.477 e.